The van der Waals surface area contributed by atoms with Gasteiger partial charge in [-0.25, -0.2) is 0 Å². The first-order valence-corrected chi connectivity index (χ1v) is 31.4. The lowest BCUT2D eigenvalue weighted by Crippen LogP contribution is -2.45. The smallest absolute Gasteiger partial charge is 0.305 e. The Morgan fingerprint density at radius 3 is 1.03 bits per heavy atom. The second kappa shape index (κ2) is 59.2. The quantitative estimate of drug-likeness (QED) is 0.0321. The summed E-state index contributed by atoms with van der Waals surface area (Å²) >= 11 is 0. The van der Waals surface area contributed by atoms with Crippen molar-refractivity contribution < 1.29 is 24.5 Å². The van der Waals surface area contributed by atoms with Gasteiger partial charge in [0.2, 0.25) is 5.91 Å². The minimum absolute atomic E-state index is 0.000205. The lowest BCUT2D eigenvalue weighted by molar-refractivity contribution is -0.143. The highest BCUT2D eigenvalue weighted by Crippen LogP contribution is 2.18. The van der Waals surface area contributed by atoms with E-state index in [2.05, 4.69) is 31.3 Å². The van der Waals surface area contributed by atoms with Crippen molar-refractivity contribution in [2.75, 3.05) is 13.2 Å². The first-order chi connectivity index (χ1) is 34.0. The van der Waals surface area contributed by atoms with E-state index < -0.39 is 12.1 Å². The van der Waals surface area contributed by atoms with Crippen LogP contribution in [0.3, 0.4) is 0 Å². The van der Waals surface area contributed by atoms with Gasteiger partial charge in [0.1, 0.15) is 0 Å². The number of rotatable bonds is 59. The molecule has 0 aromatic carbocycles. The molecule has 69 heavy (non-hydrogen) atoms. The number of nitrogens with one attached hydrogen (secondary N) is 1. The molecule has 3 N–H and O–H groups in total. The van der Waals surface area contributed by atoms with E-state index in [0.717, 1.165) is 44.9 Å². The number of hydrogen-bond donors (Lipinski definition) is 3. The Balaban J connectivity index is 3.41. The molecule has 0 saturated carbocycles. The fourth-order valence-electron chi connectivity index (χ4n) is 9.99. The van der Waals surface area contributed by atoms with Crippen molar-refractivity contribution in [2.45, 2.75) is 366 Å². The Labute approximate surface area is 431 Å². The first kappa shape index (κ1) is 67.6. The number of aliphatic hydroxyl groups is 2. The van der Waals surface area contributed by atoms with Crippen molar-refractivity contribution >= 4 is 11.9 Å². The number of amides is 1. The van der Waals surface area contributed by atoms with Crippen LogP contribution in [0, 0.1) is 0 Å². The molecule has 0 aliphatic carbocycles. The molecule has 0 rings (SSSR count). The number of carbonyl (C=O) groups excluding carboxylic acids is 2. The highest BCUT2D eigenvalue weighted by Gasteiger charge is 2.20. The van der Waals surface area contributed by atoms with Gasteiger partial charge in [-0.05, 0) is 51.4 Å². The fourth-order valence-corrected chi connectivity index (χ4v) is 9.99. The van der Waals surface area contributed by atoms with Gasteiger partial charge in [0.15, 0.2) is 0 Å². The normalized spacial score (nSPS) is 12.6. The van der Waals surface area contributed by atoms with Crippen LogP contribution in [0.5, 0.6) is 0 Å². The van der Waals surface area contributed by atoms with E-state index in [1.54, 1.807) is 0 Å². The number of esters is 1. The summed E-state index contributed by atoms with van der Waals surface area (Å²) in [6.45, 7) is 4.96. The van der Waals surface area contributed by atoms with Gasteiger partial charge in [0.05, 0.1) is 25.4 Å². The number of unbranched alkanes of at least 4 members (excludes halogenated alkanes) is 46. The molecular formula is C63H123NO5. The molecule has 410 valence electrons. The van der Waals surface area contributed by atoms with E-state index in [4.69, 9.17) is 4.74 Å². The van der Waals surface area contributed by atoms with Gasteiger partial charge in [-0.1, -0.05) is 302 Å². The van der Waals surface area contributed by atoms with Crippen LogP contribution in [-0.2, 0) is 14.3 Å². The van der Waals surface area contributed by atoms with Crippen molar-refractivity contribution in [3.8, 4) is 0 Å². The van der Waals surface area contributed by atoms with E-state index in [1.807, 2.05) is 0 Å². The van der Waals surface area contributed by atoms with E-state index in [9.17, 15) is 19.8 Å². The first-order valence-electron chi connectivity index (χ1n) is 31.4. The highest BCUT2D eigenvalue weighted by atomic mass is 16.5. The molecule has 0 aromatic rings. The minimum atomic E-state index is -0.667. The monoisotopic (exact) mass is 974 g/mol. The third-order valence-electron chi connectivity index (χ3n) is 14.8. The Kier molecular flexibility index (Phi) is 58.0. The number of allylic oxidation sites excluding steroid dienone is 2. The van der Waals surface area contributed by atoms with Crippen molar-refractivity contribution in [3.05, 3.63) is 12.2 Å². The summed E-state index contributed by atoms with van der Waals surface area (Å²) in [6, 6.07) is -0.545. The van der Waals surface area contributed by atoms with Crippen LogP contribution in [-0.4, -0.2) is 47.4 Å². The maximum Gasteiger partial charge on any atom is 0.305 e. The molecular weight excluding hydrogens is 851 g/mol. The number of carbonyl (C=O) groups is 2. The van der Waals surface area contributed by atoms with Crippen molar-refractivity contribution in [1.82, 2.24) is 5.32 Å². The summed E-state index contributed by atoms with van der Waals surface area (Å²) in [5, 5.41) is 23.4. The molecule has 0 aromatic heterocycles. The van der Waals surface area contributed by atoms with Crippen LogP contribution in [0.15, 0.2) is 12.2 Å². The zero-order chi connectivity index (χ0) is 50.0. The topological polar surface area (TPSA) is 95.9 Å². The molecule has 6 nitrogen and oxygen atoms in total. The maximum atomic E-state index is 12.5. The summed E-state index contributed by atoms with van der Waals surface area (Å²) in [5.41, 5.74) is 0. The SMILES string of the molecule is CCCCCCC/C=C\CCCCCCCC(=O)OCCCCCCCCCCCCCCCCCCCCC(=O)NC(CO)C(O)CCCCCCCCCCCCCCCCCCCCCC. The molecule has 0 aliphatic rings. The molecule has 0 fully saturated rings. The Morgan fingerprint density at radius 2 is 0.681 bits per heavy atom. The summed E-state index contributed by atoms with van der Waals surface area (Å²) in [6.07, 6.45) is 70.7. The molecule has 0 saturated heterocycles. The molecule has 0 heterocycles. The zero-order valence-electron chi connectivity index (χ0n) is 46.8. The second-order valence-electron chi connectivity index (χ2n) is 21.7. The highest BCUT2D eigenvalue weighted by molar-refractivity contribution is 5.76. The van der Waals surface area contributed by atoms with E-state index in [0.29, 0.717) is 25.9 Å². The van der Waals surface area contributed by atoms with Gasteiger partial charge in [-0.15, -0.1) is 0 Å². The molecule has 2 unspecified atom stereocenters. The second-order valence-corrected chi connectivity index (χ2v) is 21.7. The number of ether oxygens (including phenoxy) is 1. The van der Waals surface area contributed by atoms with Gasteiger partial charge in [0, 0.05) is 12.8 Å². The average Bonchev–Trinajstić information content (AvgIpc) is 3.35. The summed E-state index contributed by atoms with van der Waals surface area (Å²) in [5.74, 6) is -0.0355. The lowest BCUT2D eigenvalue weighted by Gasteiger charge is -2.22. The van der Waals surface area contributed by atoms with Gasteiger partial charge < -0.3 is 20.3 Å². The third kappa shape index (κ3) is 55.8. The summed E-state index contributed by atoms with van der Waals surface area (Å²) < 4.78 is 5.48. The van der Waals surface area contributed by atoms with Gasteiger partial charge in [0.25, 0.3) is 0 Å². The minimum Gasteiger partial charge on any atom is -0.466 e. The Bertz CT molecular complexity index is 1030. The van der Waals surface area contributed by atoms with Crippen LogP contribution >= 0.6 is 0 Å². The van der Waals surface area contributed by atoms with Crippen molar-refractivity contribution in [1.29, 1.82) is 0 Å². The maximum absolute atomic E-state index is 12.5. The van der Waals surface area contributed by atoms with Crippen molar-refractivity contribution in [3.63, 3.8) is 0 Å². The van der Waals surface area contributed by atoms with Crippen LogP contribution in [0.1, 0.15) is 354 Å². The Morgan fingerprint density at radius 1 is 0.391 bits per heavy atom. The molecule has 0 spiro atoms. The summed E-state index contributed by atoms with van der Waals surface area (Å²) in [7, 11) is 0. The third-order valence-corrected chi connectivity index (χ3v) is 14.8. The Hall–Kier alpha value is -1.40. The zero-order valence-corrected chi connectivity index (χ0v) is 46.8. The van der Waals surface area contributed by atoms with E-state index in [1.165, 1.54) is 276 Å². The lowest BCUT2D eigenvalue weighted by atomic mass is 10.0. The molecule has 0 aliphatic heterocycles. The number of hydrogen-bond acceptors (Lipinski definition) is 5. The van der Waals surface area contributed by atoms with E-state index in [-0.39, 0.29) is 18.5 Å². The standard InChI is InChI=1S/C63H123NO5/c1-3-5-7-9-11-13-15-17-19-20-21-22-25-28-31-35-39-43-47-51-55-61(66)60(59-65)64-62(67)56-52-48-44-40-36-32-29-26-23-24-27-30-34-38-42-46-50-54-58-69-63(68)57-53-49-45-41-37-33-18-16-14-12-10-8-6-4-2/h16,18,60-61,65-66H,3-15,17,19-59H2,1-2H3,(H,64,67)/b18-16-. The fraction of sp³-hybridized carbons (Fsp3) is 0.937. The predicted octanol–water partition coefficient (Wildman–Crippen LogP) is 19.6. The van der Waals surface area contributed by atoms with Gasteiger partial charge in [-0.2, -0.15) is 0 Å². The predicted molar refractivity (Wildman–Crippen MR) is 301 cm³/mol. The van der Waals surface area contributed by atoms with Crippen LogP contribution in [0.2, 0.25) is 0 Å². The van der Waals surface area contributed by atoms with E-state index >= 15 is 0 Å². The summed E-state index contributed by atoms with van der Waals surface area (Å²) in [4.78, 5) is 24.6. The number of aliphatic hydroxyl groups excluding tert-OH is 2. The van der Waals surface area contributed by atoms with Crippen LogP contribution in [0.25, 0.3) is 0 Å². The molecule has 0 radical (unpaired) electrons. The van der Waals surface area contributed by atoms with Gasteiger partial charge >= 0.3 is 5.97 Å². The average molecular weight is 975 g/mol. The van der Waals surface area contributed by atoms with Gasteiger partial charge in [-0.3, -0.25) is 9.59 Å². The molecule has 6 heteroatoms. The van der Waals surface area contributed by atoms with Crippen molar-refractivity contribution in [2.24, 2.45) is 0 Å². The molecule has 0 bridgehead atoms. The molecule has 2 atom stereocenters. The molecule has 1 amide bonds. The van der Waals surface area contributed by atoms with Crippen LogP contribution in [0.4, 0.5) is 0 Å². The largest absolute Gasteiger partial charge is 0.466 e. The van der Waals surface area contributed by atoms with Crippen LogP contribution < -0.4 is 5.32 Å².